The van der Waals surface area contributed by atoms with Gasteiger partial charge in [0.05, 0.1) is 18.0 Å². The monoisotopic (exact) mass is 280 g/mol. The first kappa shape index (κ1) is 13.4. The zero-order chi connectivity index (χ0) is 14.8. The minimum Gasteiger partial charge on any atom is -0.496 e. The molecule has 0 saturated heterocycles. The van der Waals surface area contributed by atoms with Gasteiger partial charge in [0.2, 0.25) is 0 Å². The van der Waals surface area contributed by atoms with Gasteiger partial charge in [-0.2, -0.15) is 0 Å². The van der Waals surface area contributed by atoms with Crippen molar-refractivity contribution in [3.8, 4) is 5.75 Å². The number of nitrogens with zero attached hydrogens (tertiary/aromatic N) is 1. The first-order valence-corrected chi connectivity index (χ1v) is 6.82. The van der Waals surface area contributed by atoms with Crippen LogP contribution in [0.4, 0.5) is 0 Å². The highest BCUT2D eigenvalue weighted by Gasteiger charge is 2.16. The molecule has 2 aromatic carbocycles. The van der Waals surface area contributed by atoms with E-state index in [1.165, 1.54) is 0 Å². The summed E-state index contributed by atoms with van der Waals surface area (Å²) in [5, 5.41) is 0.605. The van der Waals surface area contributed by atoms with Crippen LogP contribution in [0.25, 0.3) is 10.9 Å². The highest BCUT2D eigenvalue weighted by molar-refractivity contribution is 5.77. The molecular formula is C17H16N2O2. The number of rotatable bonds is 3. The molecule has 1 heterocycles. The Labute approximate surface area is 122 Å². The van der Waals surface area contributed by atoms with Crippen molar-refractivity contribution in [3.63, 3.8) is 0 Å². The lowest BCUT2D eigenvalue weighted by Crippen LogP contribution is -2.14. The third kappa shape index (κ3) is 2.40. The SMILES string of the molecule is COc1ccccc1C(C)c1nc2ccccc2c(=O)[nH]1. The van der Waals surface area contributed by atoms with Crippen LogP contribution < -0.4 is 10.3 Å². The standard InChI is InChI=1S/C17H16N2O2/c1-11(12-7-4-6-10-15(12)21-2)16-18-14-9-5-3-8-13(14)17(20)19-16/h3-11H,1-2H3,(H,18,19,20). The predicted molar refractivity (Wildman–Crippen MR) is 82.9 cm³/mol. The first-order valence-electron chi connectivity index (χ1n) is 6.82. The van der Waals surface area contributed by atoms with Crippen LogP contribution in [0, 0.1) is 0 Å². The van der Waals surface area contributed by atoms with E-state index in [9.17, 15) is 4.79 Å². The smallest absolute Gasteiger partial charge is 0.258 e. The number of hydrogen-bond donors (Lipinski definition) is 1. The Kier molecular flexibility index (Phi) is 3.44. The minimum absolute atomic E-state index is 0.0570. The molecule has 4 heteroatoms. The second-order valence-corrected chi connectivity index (χ2v) is 4.93. The molecule has 1 N–H and O–H groups in total. The molecule has 21 heavy (non-hydrogen) atoms. The minimum atomic E-state index is -0.114. The summed E-state index contributed by atoms with van der Waals surface area (Å²) in [6.07, 6.45) is 0. The van der Waals surface area contributed by atoms with E-state index in [2.05, 4.69) is 9.97 Å². The van der Waals surface area contributed by atoms with Gasteiger partial charge in [-0.15, -0.1) is 0 Å². The van der Waals surface area contributed by atoms with Gasteiger partial charge in [0.15, 0.2) is 0 Å². The Bertz CT molecular complexity index is 839. The van der Waals surface area contributed by atoms with Gasteiger partial charge in [0.25, 0.3) is 5.56 Å². The lowest BCUT2D eigenvalue weighted by atomic mass is 9.99. The van der Waals surface area contributed by atoms with Gasteiger partial charge in [-0.3, -0.25) is 4.79 Å². The highest BCUT2D eigenvalue weighted by atomic mass is 16.5. The van der Waals surface area contributed by atoms with Crippen molar-refractivity contribution in [2.24, 2.45) is 0 Å². The molecule has 0 radical (unpaired) electrons. The van der Waals surface area contributed by atoms with Gasteiger partial charge in [0.1, 0.15) is 11.6 Å². The van der Waals surface area contributed by atoms with Crippen molar-refractivity contribution in [2.45, 2.75) is 12.8 Å². The van der Waals surface area contributed by atoms with E-state index in [1.54, 1.807) is 13.2 Å². The maximum Gasteiger partial charge on any atom is 0.258 e. The van der Waals surface area contributed by atoms with Gasteiger partial charge in [-0.05, 0) is 18.2 Å². The Morgan fingerprint density at radius 1 is 1.10 bits per heavy atom. The molecule has 1 unspecified atom stereocenters. The van der Waals surface area contributed by atoms with Gasteiger partial charge >= 0.3 is 0 Å². The van der Waals surface area contributed by atoms with E-state index in [4.69, 9.17) is 4.74 Å². The Morgan fingerprint density at radius 2 is 1.81 bits per heavy atom. The molecule has 3 aromatic rings. The van der Waals surface area contributed by atoms with Crippen LogP contribution in [-0.2, 0) is 0 Å². The van der Waals surface area contributed by atoms with Gasteiger partial charge in [-0.25, -0.2) is 4.98 Å². The summed E-state index contributed by atoms with van der Waals surface area (Å²) < 4.78 is 5.39. The summed E-state index contributed by atoms with van der Waals surface area (Å²) in [4.78, 5) is 19.6. The molecule has 106 valence electrons. The second-order valence-electron chi connectivity index (χ2n) is 4.93. The predicted octanol–water partition coefficient (Wildman–Crippen LogP) is 3.08. The second kappa shape index (κ2) is 5.40. The lowest BCUT2D eigenvalue weighted by molar-refractivity contribution is 0.408. The summed E-state index contributed by atoms with van der Waals surface area (Å²) >= 11 is 0. The van der Waals surface area contributed by atoms with Crippen LogP contribution >= 0.6 is 0 Å². The molecule has 0 aliphatic carbocycles. The van der Waals surface area contributed by atoms with E-state index < -0.39 is 0 Å². The molecule has 0 fully saturated rings. The fourth-order valence-corrected chi connectivity index (χ4v) is 2.48. The van der Waals surface area contributed by atoms with Crippen LogP contribution in [0.1, 0.15) is 24.2 Å². The van der Waals surface area contributed by atoms with E-state index in [0.717, 1.165) is 11.3 Å². The van der Waals surface area contributed by atoms with Crippen LogP contribution in [0.5, 0.6) is 5.75 Å². The van der Waals surface area contributed by atoms with Crippen molar-refractivity contribution in [1.82, 2.24) is 9.97 Å². The average Bonchev–Trinajstić information content (AvgIpc) is 2.54. The number of nitrogens with one attached hydrogen (secondary N) is 1. The zero-order valence-corrected chi connectivity index (χ0v) is 12.0. The Balaban J connectivity index is 2.14. The maximum atomic E-state index is 12.2. The van der Waals surface area contributed by atoms with E-state index in [-0.39, 0.29) is 11.5 Å². The molecule has 1 atom stereocenters. The number of hydrogen-bond acceptors (Lipinski definition) is 3. The number of ether oxygens (including phenoxy) is 1. The normalized spacial score (nSPS) is 12.3. The molecular weight excluding hydrogens is 264 g/mol. The molecule has 0 saturated carbocycles. The molecule has 1 aromatic heterocycles. The third-order valence-electron chi connectivity index (χ3n) is 3.65. The van der Waals surface area contributed by atoms with Crippen molar-refractivity contribution in [3.05, 3.63) is 70.3 Å². The fourth-order valence-electron chi connectivity index (χ4n) is 2.48. The summed E-state index contributed by atoms with van der Waals surface area (Å²) in [6, 6.07) is 15.1. The van der Waals surface area contributed by atoms with E-state index >= 15 is 0 Å². The van der Waals surface area contributed by atoms with Gasteiger partial charge < -0.3 is 9.72 Å². The largest absolute Gasteiger partial charge is 0.496 e. The zero-order valence-electron chi connectivity index (χ0n) is 12.0. The third-order valence-corrected chi connectivity index (χ3v) is 3.65. The van der Waals surface area contributed by atoms with Crippen LogP contribution in [0.15, 0.2) is 53.3 Å². The van der Waals surface area contributed by atoms with Crippen molar-refractivity contribution in [2.75, 3.05) is 7.11 Å². The number of aromatic nitrogens is 2. The summed E-state index contributed by atoms with van der Waals surface area (Å²) in [5.41, 5.74) is 1.59. The van der Waals surface area contributed by atoms with Crippen LogP contribution in [-0.4, -0.2) is 17.1 Å². The number of H-pyrrole nitrogens is 1. The lowest BCUT2D eigenvalue weighted by Gasteiger charge is -2.15. The fraction of sp³-hybridized carbons (Fsp3) is 0.176. The van der Waals surface area contributed by atoms with Crippen molar-refractivity contribution >= 4 is 10.9 Å². The number of methoxy groups -OCH3 is 1. The van der Waals surface area contributed by atoms with Crippen LogP contribution in [0.3, 0.4) is 0 Å². The molecule has 0 aliphatic rings. The number of para-hydroxylation sites is 2. The molecule has 0 amide bonds. The van der Waals surface area contributed by atoms with Crippen LogP contribution in [0.2, 0.25) is 0 Å². The van der Waals surface area contributed by atoms with E-state index in [0.29, 0.717) is 16.7 Å². The number of aromatic amines is 1. The summed E-state index contributed by atoms with van der Waals surface area (Å²) in [6.45, 7) is 2.00. The average molecular weight is 280 g/mol. The molecule has 0 spiro atoms. The molecule has 0 aliphatic heterocycles. The van der Waals surface area contributed by atoms with Gasteiger partial charge in [-0.1, -0.05) is 37.3 Å². The Morgan fingerprint density at radius 3 is 2.62 bits per heavy atom. The van der Waals surface area contributed by atoms with E-state index in [1.807, 2.05) is 49.4 Å². The number of benzene rings is 2. The topological polar surface area (TPSA) is 55.0 Å². The first-order chi connectivity index (χ1) is 10.2. The highest BCUT2D eigenvalue weighted by Crippen LogP contribution is 2.29. The quantitative estimate of drug-likeness (QED) is 0.802. The molecule has 3 rings (SSSR count). The maximum absolute atomic E-state index is 12.2. The molecule has 4 nitrogen and oxygen atoms in total. The molecule has 0 bridgehead atoms. The van der Waals surface area contributed by atoms with Gasteiger partial charge in [0, 0.05) is 11.5 Å². The summed E-state index contributed by atoms with van der Waals surface area (Å²) in [7, 11) is 1.64. The van der Waals surface area contributed by atoms with Crippen molar-refractivity contribution < 1.29 is 4.74 Å². The van der Waals surface area contributed by atoms with Crippen molar-refractivity contribution in [1.29, 1.82) is 0 Å². The summed E-state index contributed by atoms with van der Waals surface area (Å²) in [5.74, 6) is 1.38. The number of fused-ring (bicyclic) bond motifs is 1. The Hall–Kier alpha value is -2.62.